The molecule has 1 aromatic heterocycles. The maximum atomic E-state index is 11.2. The Hall–Kier alpha value is -2.17. The second kappa shape index (κ2) is 12.3. The van der Waals surface area contributed by atoms with Crippen molar-refractivity contribution < 1.29 is 4.79 Å². The van der Waals surface area contributed by atoms with Gasteiger partial charge in [0.05, 0.1) is 6.54 Å². The number of rotatable bonds is 8. The van der Waals surface area contributed by atoms with Crippen molar-refractivity contribution in [2.45, 2.75) is 40.3 Å². The van der Waals surface area contributed by atoms with Crippen molar-refractivity contribution in [2.24, 2.45) is 4.99 Å². The zero-order chi connectivity index (χ0) is 18.8. The van der Waals surface area contributed by atoms with Crippen molar-refractivity contribution in [2.75, 3.05) is 18.4 Å². The van der Waals surface area contributed by atoms with Crippen LogP contribution < -0.4 is 16.0 Å². The summed E-state index contributed by atoms with van der Waals surface area (Å²) in [6.07, 6.45) is 2.61. The van der Waals surface area contributed by atoms with E-state index in [0.717, 1.165) is 49.1 Å². The van der Waals surface area contributed by atoms with Gasteiger partial charge in [-0.25, -0.2) is 4.99 Å². The third kappa shape index (κ3) is 7.94. The Morgan fingerprint density at radius 2 is 2.07 bits per heavy atom. The maximum absolute atomic E-state index is 11.2. The second-order valence-electron chi connectivity index (χ2n) is 5.80. The first-order valence-electron chi connectivity index (χ1n) is 8.87. The number of benzene rings is 1. The van der Waals surface area contributed by atoms with Gasteiger partial charge < -0.3 is 20.5 Å². The molecule has 0 unspecified atom stereocenters. The van der Waals surface area contributed by atoms with E-state index in [1.165, 1.54) is 6.92 Å². The molecule has 0 aliphatic carbocycles. The number of carbonyl (C=O) groups excluding carboxylic acids is 1. The third-order valence-corrected chi connectivity index (χ3v) is 3.67. The fraction of sp³-hybridized carbons (Fsp3) is 0.444. The lowest BCUT2D eigenvalue weighted by Gasteiger charge is -2.12. The van der Waals surface area contributed by atoms with E-state index in [1.807, 2.05) is 35.8 Å². The Balaban J connectivity index is 0.00000364. The molecule has 9 heteroatoms. The zero-order valence-electron chi connectivity index (χ0n) is 16.0. The van der Waals surface area contributed by atoms with E-state index in [0.29, 0.717) is 6.54 Å². The van der Waals surface area contributed by atoms with Crippen molar-refractivity contribution in [1.82, 2.24) is 25.4 Å². The van der Waals surface area contributed by atoms with Gasteiger partial charge in [-0.3, -0.25) is 4.79 Å². The Morgan fingerprint density at radius 3 is 2.78 bits per heavy atom. The molecule has 0 spiro atoms. The summed E-state index contributed by atoms with van der Waals surface area (Å²) < 4.78 is 2.04. The average molecular weight is 485 g/mol. The Morgan fingerprint density at radius 1 is 1.26 bits per heavy atom. The van der Waals surface area contributed by atoms with Crippen molar-refractivity contribution in [3.63, 3.8) is 0 Å². The molecule has 3 N–H and O–H groups in total. The summed E-state index contributed by atoms with van der Waals surface area (Å²) in [5.41, 5.74) is 1.81. The molecule has 0 aliphatic rings. The van der Waals surface area contributed by atoms with Crippen molar-refractivity contribution in [3.8, 4) is 0 Å². The first kappa shape index (κ1) is 22.9. The Bertz CT molecular complexity index is 745. The second-order valence-corrected chi connectivity index (χ2v) is 5.80. The molecule has 0 bridgehead atoms. The third-order valence-electron chi connectivity index (χ3n) is 3.67. The molecule has 2 aromatic rings. The van der Waals surface area contributed by atoms with Gasteiger partial charge in [0.15, 0.2) is 5.96 Å². The number of carbonyl (C=O) groups is 1. The van der Waals surface area contributed by atoms with Crippen molar-refractivity contribution >= 4 is 41.5 Å². The van der Waals surface area contributed by atoms with Crippen LogP contribution in [0.5, 0.6) is 0 Å². The van der Waals surface area contributed by atoms with Gasteiger partial charge in [0, 0.05) is 38.7 Å². The van der Waals surface area contributed by atoms with E-state index >= 15 is 0 Å². The molecule has 0 saturated heterocycles. The van der Waals surface area contributed by atoms with Gasteiger partial charge in [-0.05, 0) is 24.6 Å². The number of aliphatic imine (C=N–C) groups is 1. The van der Waals surface area contributed by atoms with Gasteiger partial charge in [0.25, 0.3) is 0 Å². The number of hydrogen-bond donors (Lipinski definition) is 3. The molecule has 0 saturated carbocycles. The number of aryl methyl sites for hydroxylation is 1. The molecule has 1 heterocycles. The summed E-state index contributed by atoms with van der Waals surface area (Å²) in [6, 6.07) is 7.69. The van der Waals surface area contributed by atoms with E-state index in [-0.39, 0.29) is 29.9 Å². The highest BCUT2D eigenvalue weighted by atomic mass is 127. The van der Waals surface area contributed by atoms with Crippen LogP contribution in [0, 0.1) is 0 Å². The number of nitrogens with zero attached hydrogens (tertiary/aromatic N) is 4. The number of anilines is 1. The van der Waals surface area contributed by atoms with Crippen LogP contribution in [0.25, 0.3) is 0 Å². The molecule has 148 valence electrons. The molecule has 27 heavy (non-hydrogen) atoms. The summed E-state index contributed by atoms with van der Waals surface area (Å²) in [5, 5.41) is 17.4. The van der Waals surface area contributed by atoms with E-state index in [9.17, 15) is 4.79 Å². The van der Waals surface area contributed by atoms with Gasteiger partial charge in [-0.1, -0.05) is 19.1 Å². The molecule has 0 fully saturated rings. The van der Waals surface area contributed by atoms with Crippen LogP contribution in [0.1, 0.15) is 32.2 Å². The lowest BCUT2D eigenvalue weighted by molar-refractivity contribution is -0.114. The van der Waals surface area contributed by atoms with Crippen molar-refractivity contribution in [1.29, 1.82) is 0 Å². The number of guanidine groups is 1. The van der Waals surface area contributed by atoms with Crippen LogP contribution in [0.4, 0.5) is 5.69 Å². The van der Waals surface area contributed by atoms with Gasteiger partial charge in [0.1, 0.15) is 12.2 Å². The number of nitrogens with one attached hydrogen (secondary N) is 3. The van der Waals surface area contributed by atoms with E-state index < -0.39 is 0 Å². The molecule has 1 amide bonds. The van der Waals surface area contributed by atoms with Crippen LogP contribution >= 0.6 is 24.0 Å². The summed E-state index contributed by atoms with van der Waals surface area (Å²) >= 11 is 0. The quantitative estimate of drug-likeness (QED) is 0.303. The van der Waals surface area contributed by atoms with E-state index in [2.05, 4.69) is 38.1 Å². The normalized spacial score (nSPS) is 10.9. The largest absolute Gasteiger partial charge is 0.357 e. The molecular formula is C18H28IN7O. The summed E-state index contributed by atoms with van der Waals surface area (Å²) in [6.45, 7) is 8.40. The standard InChI is InChI=1S/C18H27N7O.HI/c1-4-17-24-22-13-25(17)10-9-20-18(19-5-2)21-12-15-7-6-8-16(11-15)23-14(3)26;/h6-8,11,13H,4-5,9-10,12H2,1-3H3,(H,23,26)(H2,19,20,21);1H. The minimum Gasteiger partial charge on any atom is -0.357 e. The van der Waals surface area contributed by atoms with Gasteiger partial charge in [0.2, 0.25) is 5.91 Å². The first-order chi connectivity index (χ1) is 12.6. The molecule has 0 radical (unpaired) electrons. The minimum atomic E-state index is -0.0823. The fourth-order valence-corrected chi connectivity index (χ4v) is 2.50. The van der Waals surface area contributed by atoms with Crippen LogP contribution in [-0.4, -0.2) is 39.7 Å². The topological polar surface area (TPSA) is 96.2 Å². The van der Waals surface area contributed by atoms with Crippen LogP contribution in [0.3, 0.4) is 0 Å². The number of halogens is 1. The predicted octanol–water partition coefficient (Wildman–Crippen LogP) is 2.17. The Kier molecular flexibility index (Phi) is 10.4. The highest BCUT2D eigenvalue weighted by molar-refractivity contribution is 14.0. The number of hydrogen-bond acceptors (Lipinski definition) is 4. The Labute approximate surface area is 177 Å². The van der Waals surface area contributed by atoms with E-state index in [4.69, 9.17) is 0 Å². The highest BCUT2D eigenvalue weighted by Crippen LogP contribution is 2.11. The van der Waals surface area contributed by atoms with Crippen LogP contribution in [-0.2, 0) is 24.3 Å². The minimum absolute atomic E-state index is 0. The maximum Gasteiger partial charge on any atom is 0.221 e. The van der Waals surface area contributed by atoms with Crippen LogP contribution in [0.15, 0.2) is 35.6 Å². The molecule has 2 rings (SSSR count). The van der Waals surface area contributed by atoms with Gasteiger partial charge in [-0.2, -0.15) is 0 Å². The number of aromatic nitrogens is 3. The number of amides is 1. The SMILES string of the molecule is CCNC(=NCc1cccc(NC(C)=O)c1)NCCn1cnnc1CC.I. The molecule has 8 nitrogen and oxygen atoms in total. The zero-order valence-corrected chi connectivity index (χ0v) is 18.4. The van der Waals surface area contributed by atoms with Gasteiger partial charge >= 0.3 is 0 Å². The smallest absolute Gasteiger partial charge is 0.221 e. The van der Waals surface area contributed by atoms with Gasteiger partial charge in [-0.15, -0.1) is 34.2 Å². The lowest BCUT2D eigenvalue weighted by atomic mass is 10.2. The monoisotopic (exact) mass is 485 g/mol. The summed E-state index contributed by atoms with van der Waals surface area (Å²) in [5.74, 6) is 1.65. The molecule has 0 atom stereocenters. The highest BCUT2D eigenvalue weighted by Gasteiger charge is 2.03. The molecule has 1 aromatic carbocycles. The van der Waals surface area contributed by atoms with Crippen LogP contribution in [0.2, 0.25) is 0 Å². The fourth-order valence-electron chi connectivity index (χ4n) is 2.50. The lowest BCUT2D eigenvalue weighted by Crippen LogP contribution is -2.38. The average Bonchev–Trinajstić information content (AvgIpc) is 3.07. The predicted molar refractivity (Wildman–Crippen MR) is 118 cm³/mol. The summed E-state index contributed by atoms with van der Waals surface area (Å²) in [7, 11) is 0. The van der Waals surface area contributed by atoms with E-state index in [1.54, 1.807) is 6.33 Å². The molecule has 0 aliphatic heterocycles. The van der Waals surface area contributed by atoms with Crippen molar-refractivity contribution in [3.05, 3.63) is 42.0 Å². The first-order valence-corrected chi connectivity index (χ1v) is 8.87. The molecular weight excluding hydrogens is 457 g/mol. The summed E-state index contributed by atoms with van der Waals surface area (Å²) in [4.78, 5) is 15.8.